The van der Waals surface area contributed by atoms with Gasteiger partial charge >= 0.3 is 0 Å². The Hall–Kier alpha value is -3.46. The third-order valence-corrected chi connectivity index (χ3v) is 4.59. The van der Waals surface area contributed by atoms with Gasteiger partial charge in [-0.15, -0.1) is 0 Å². The highest BCUT2D eigenvalue weighted by molar-refractivity contribution is 6.14. The summed E-state index contributed by atoms with van der Waals surface area (Å²) in [5, 5.41) is 2.31. The van der Waals surface area contributed by atoms with Crippen LogP contribution in [-0.2, 0) is 0 Å². The number of nitrogens with zero attached hydrogens (tertiary/aromatic N) is 1. The first-order chi connectivity index (χ1) is 12.3. The summed E-state index contributed by atoms with van der Waals surface area (Å²) in [6.45, 7) is 0. The maximum absolute atomic E-state index is 6.22. The van der Waals surface area contributed by atoms with Gasteiger partial charge in [-0.05, 0) is 42.5 Å². The number of hydrogen-bond acceptors (Lipinski definition) is 2. The van der Waals surface area contributed by atoms with Crippen LogP contribution in [0.4, 0.5) is 5.69 Å². The van der Waals surface area contributed by atoms with Crippen molar-refractivity contribution in [2.24, 2.45) is 0 Å². The normalized spacial score (nSPS) is 11.4. The van der Waals surface area contributed by atoms with E-state index in [0.717, 1.165) is 39.1 Å². The van der Waals surface area contributed by atoms with Crippen LogP contribution in [0.3, 0.4) is 0 Å². The maximum Gasteiger partial charge on any atom is 0.136 e. The highest BCUT2D eigenvalue weighted by Gasteiger charge is 2.18. The summed E-state index contributed by atoms with van der Waals surface area (Å²) in [7, 11) is 0. The minimum absolute atomic E-state index is 0.731. The summed E-state index contributed by atoms with van der Waals surface area (Å²) in [6.07, 6.45) is 1.69. The molecule has 25 heavy (non-hydrogen) atoms. The maximum atomic E-state index is 6.22. The van der Waals surface area contributed by atoms with E-state index in [1.54, 1.807) is 6.26 Å². The fourth-order valence-electron chi connectivity index (χ4n) is 3.58. The molecule has 0 saturated heterocycles. The third kappa shape index (κ3) is 2.06. The van der Waals surface area contributed by atoms with Crippen molar-refractivity contribution in [1.82, 2.24) is 4.57 Å². The van der Waals surface area contributed by atoms with E-state index < -0.39 is 0 Å². The standard InChI is InChI=1S/C22H16N2O/c23-15-13-18-17-9-4-5-10-20(17)24(16-7-2-1-3-8-16)22(18)19(14-15)21-11-6-12-25-21/h1-14H,23H2. The molecular formula is C22H16N2O. The van der Waals surface area contributed by atoms with Crippen molar-refractivity contribution in [1.29, 1.82) is 0 Å². The summed E-state index contributed by atoms with van der Waals surface area (Å²) < 4.78 is 7.98. The van der Waals surface area contributed by atoms with Crippen molar-refractivity contribution < 1.29 is 4.42 Å². The molecule has 0 spiro atoms. The van der Waals surface area contributed by atoms with Crippen LogP contribution < -0.4 is 5.73 Å². The number of aromatic nitrogens is 1. The summed E-state index contributed by atoms with van der Waals surface area (Å²) >= 11 is 0. The molecule has 3 aromatic carbocycles. The highest BCUT2D eigenvalue weighted by Crippen LogP contribution is 2.39. The number of rotatable bonds is 2. The van der Waals surface area contributed by atoms with Crippen molar-refractivity contribution in [3.63, 3.8) is 0 Å². The van der Waals surface area contributed by atoms with Crippen LogP contribution in [0.25, 0.3) is 38.8 Å². The summed E-state index contributed by atoms with van der Waals surface area (Å²) in [5.41, 5.74) is 11.3. The van der Waals surface area contributed by atoms with Crippen LogP contribution in [-0.4, -0.2) is 4.57 Å². The van der Waals surface area contributed by atoms with Crippen LogP contribution in [0, 0.1) is 0 Å². The van der Waals surface area contributed by atoms with Crippen LogP contribution in [0.5, 0.6) is 0 Å². The number of benzene rings is 3. The summed E-state index contributed by atoms with van der Waals surface area (Å²) in [6, 6.07) is 26.7. The van der Waals surface area contributed by atoms with Gasteiger partial charge in [-0.1, -0.05) is 36.4 Å². The number of nitrogens with two attached hydrogens (primary N) is 1. The first-order valence-electron chi connectivity index (χ1n) is 8.25. The molecule has 0 unspecified atom stereocenters. The number of fused-ring (bicyclic) bond motifs is 3. The van der Waals surface area contributed by atoms with Crippen molar-refractivity contribution in [2.75, 3.05) is 5.73 Å². The Kier molecular flexibility index (Phi) is 2.94. The monoisotopic (exact) mass is 324 g/mol. The second kappa shape index (κ2) is 5.28. The van der Waals surface area contributed by atoms with Crippen LogP contribution in [0.1, 0.15) is 0 Å². The molecule has 2 heterocycles. The number of furan rings is 1. The SMILES string of the molecule is Nc1cc(-c2ccco2)c2c(c1)c1ccccc1n2-c1ccccc1. The van der Waals surface area contributed by atoms with E-state index >= 15 is 0 Å². The molecular weight excluding hydrogens is 308 g/mol. The van der Waals surface area contributed by atoms with E-state index in [9.17, 15) is 0 Å². The molecule has 0 aliphatic rings. The van der Waals surface area contributed by atoms with E-state index in [1.165, 1.54) is 5.39 Å². The Balaban J connectivity index is 2.03. The quantitative estimate of drug-likeness (QED) is 0.428. The highest BCUT2D eigenvalue weighted by atomic mass is 16.3. The molecule has 0 fully saturated rings. The number of nitrogen functional groups attached to an aromatic ring is 1. The fraction of sp³-hybridized carbons (Fsp3) is 0. The van der Waals surface area contributed by atoms with Gasteiger partial charge in [0.25, 0.3) is 0 Å². The van der Waals surface area contributed by atoms with Crippen molar-refractivity contribution in [2.45, 2.75) is 0 Å². The average molecular weight is 324 g/mol. The molecule has 2 N–H and O–H groups in total. The lowest BCUT2D eigenvalue weighted by molar-refractivity contribution is 0.583. The van der Waals surface area contributed by atoms with E-state index in [4.69, 9.17) is 10.2 Å². The molecule has 0 aliphatic carbocycles. The molecule has 0 aliphatic heterocycles. The minimum Gasteiger partial charge on any atom is -0.464 e. The summed E-state index contributed by atoms with van der Waals surface area (Å²) in [4.78, 5) is 0. The molecule has 120 valence electrons. The smallest absolute Gasteiger partial charge is 0.136 e. The molecule has 0 amide bonds. The van der Waals surface area contributed by atoms with Gasteiger partial charge in [-0.25, -0.2) is 0 Å². The zero-order valence-corrected chi connectivity index (χ0v) is 13.5. The Morgan fingerprint density at radius 1 is 0.760 bits per heavy atom. The fourth-order valence-corrected chi connectivity index (χ4v) is 3.58. The second-order valence-electron chi connectivity index (χ2n) is 6.13. The Labute approximate surface area is 144 Å². The minimum atomic E-state index is 0.731. The zero-order valence-electron chi connectivity index (χ0n) is 13.5. The van der Waals surface area contributed by atoms with Gasteiger partial charge in [0.1, 0.15) is 5.76 Å². The van der Waals surface area contributed by atoms with E-state index in [-0.39, 0.29) is 0 Å². The van der Waals surface area contributed by atoms with Crippen LogP contribution in [0.15, 0.2) is 89.5 Å². The molecule has 5 aromatic rings. The van der Waals surface area contributed by atoms with Gasteiger partial charge in [-0.2, -0.15) is 0 Å². The van der Waals surface area contributed by atoms with Crippen molar-refractivity contribution in [3.05, 3.63) is 85.1 Å². The third-order valence-electron chi connectivity index (χ3n) is 4.59. The van der Waals surface area contributed by atoms with Gasteiger partial charge in [0.15, 0.2) is 0 Å². The Bertz CT molecular complexity index is 1190. The van der Waals surface area contributed by atoms with Crippen LogP contribution >= 0.6 is 0 Å². The number of hydrogen-bond donors (Lipinski definition) is 1. The lowest BCUT2D eigenvalue weighted by Crippen LogP contribution is -1.95. The van der Waals surface area contributed by atoms with Gasteiger partial charge in [0.2, 0.25) is 0 Å². The van der Waals surface area contributed by atoms with Crippen LogP contribution in [0.2, 0.25) is 0 Å². The molecule has 0 bridgehead atoms. The molecule has 5 rings (SSSR count). The van der Waals surface area contributed by atoms with Crippen molar-refractivity contribution >= 4 is 27.5 Å². The lowest BCUT2D eigenvalue weighted by Gasteiger charge is -2.10. The second-order valence-corrected chi connectivity index (χ2v) is 6.13. The van der Waals surface area contributed by atoms with E-state index in [1.807, 2.05) is 30.3 Å². The predicted octanol–water partition coefficient (Wildman–Crippen LogP) is 5.63. The Morgan fingerprint density at radius 3 is 2.36 bits per heavy atom. The van der Waals surface area contributed by atoms with E-state index in [0.29, 0.717) is 0 Å². The van der Waals surface area contributed by atoms with Gasteiger partial charge in [0.05, 0.1) is 17.3 Å². The van der Waals surface area contributed by atoms with Gasteiger partial charge in [0, 0.05) is 27.7 Å². The predicted molar refractivity (Wildman–Crippen MR) is 103 cm³/mol. The zero-order chi connectivity index (χ0) is 16.8. The lowest BCUT2D eigenvalue weighted by atomic mass is 10.1. The molecule has 0 saturated carbocycles. The molecule has 0 atom stereocenters. The van der Waals surface area contributed by atoms with Gasteiger partial charge in [-0.3, -0.25) is 0 Å². The van der Waals surface area contributed by atoms with E-state index in [2.05, 4.69) is 53.1 Å². The molecule has 0 radical (unpaired) electrons. The molecule has 3 heteroatoms. The van der Waals surface area contributed by atoms with Crippen molar-refractivity contribution in [3.8, 4) is 17.0 Å². The molecule has 2 aromatic heterocycles. The largest absolute Gasteiger partial charge is 0.464 e. The summed E-state index contributed by atoms with van der Waals surface area (Å²) in [5.74, 6) is 0.817. The topological polar surface area (TPSA) is 44.1 Å². The van der Waals surface area contributed by atoms with Gasteiger partial charge < -0.3 is 14.7 Å². The Morgan fingerprint density at radius 2 is 1.56 bits per heavy atom. The first-order valence-corrected chi connectivity index (χ1v) is 8.25. The molecule has 3 nitrogen and oxygen atoms in total. The average Bonchev–Trinajstić information content (AvgIpc) is 3.28. The first kappa shape index (κ1) is 13.9. The number of anilines is 1. The number of para-hydroxylation sites is 2.